The van der Waals surface area contributed by atoms with Crippen LogP contribution >= 0.6 is 12.2 Å². The lowest BCUT2D eigenvalue weighted by Crippen LogP contribution is -2.23. The number of rotatable bonds is 6. The number of nitrogens with zero attached hydrogens (tertiary/aromatic N) is 4. The molecular formula is C19H22N4OS. The molecule has 130 valence electrons. The zero-order valence-electron chi connectivity index (χ0n) is 14.7. The van der Waals surface area contributed by atoms with E-state index in [-0.39, 0.29) is 0 Å². The Labute approximate surface area is 153 Å². The van der Waals surface area contributed by atoms with E-state index in [1.54, 1.807) is 13.4 Å². The van der Waals surface area contributed by atoms with Gasteiger partial charge in [-0.05, 0) is 49.4 Å². The summed E-state index contributed by atoms with van der Waals surface area (Å²) >= 11 is 5.59. The van der Waals surface area contributed by atoms with Crippen LogP contribution in [-0.4, -0.2) is 33.4 Å². The molecule has 3 aromatic rings. The molecule has 0 unspecified atom stereocenters. The van der Waals surface area contributed by atoms with Crippen LogP contribution in [0.4, 0.5) is 0 Å². The molecule has 6 heteroatoms. The minimum absolute atomic E-state index is 0.629. The Bertz CT molecular complexity index is 916. The number of hydrogen-bond acceptors (Lipinski definition) is 4. The van der Waals surface area contributed by atoms with Crippen LogP contribution in [0.25, 0.3) is 5.69 Å². The summed E-state index contributed by atoms with van der Waals surface area (Å²) in [4.78, 5) is 2.20. The SMILES string of the molecule is COc1cccc(-n2cnn(CN(C)Cc3ccccc3C)c2=S)c1. The summed E-state index contributed by atoms with van der Waals surface area (Å²) in [7, 11) is 3.72. The van der Waals surface area contributed by atoms with Crippen molar-refractivity contribution in [3.05, 3.63) is 70.8 Å². The van der Waals surface area contributed by atoms with Crippen LogP contribution in [0.15, 0.2) is 54.9 Å². The third kappa shape index (κ3) is 3.97. The summed E-state index contributed by atoms with van der Waals surface area (Å²) in [5, 5.41) is 4.44. The molecule has 1 aromatic heterocycles. The van der Waals surface area contributed by atoms with Crippen molar-refractivity contribution < 1.29 is 4.74 Å². The quantitative estimate of drug-likeness (QED) is 0.631. The summed E-state index contributed by atoms with van der Waals surface area (Å²) in [6, 6.07) is 16.2. The second-order valence-corrected chi connectivity index (χ2v) is 6.43. The first-order chi connectivity index (χ1) is 12.1. The summed E-state index contributed by atoms with van der Waals surface area (Å²) in [6.45, 7) is 3.61. The topological polar surface area (TPSA) is 35.2 Å². The van der Waals surface area contributed by atoms with Crippen LogP contribution in [0.2, 0.25) is 0 Å². The fourth-order valence-electron chi connectivity index (χ4n) is 2.73. The van der Waals surface area contributed by atoms with E-state index in [2.05, 4.69) is 48.2 Å². The van der Waals surface area contributed by atoms with Gasteiger partial charge in [0, 0.05) is 12.6 Å². The van der Waals surface area contributed by atoms with Gasteiger partial charge in [-0.25, -0.2) is 4.68 Å². The molecule has 2 aromatic carbocycles. The van der Waals surface area contributed by atoms with E-state index >= 15 is 0 Å². The van der Waals surface area contributed by atoms with Gasteiger partial charge in [-0.1, -0.05) is 30.3 Å². The second-order valence-electron chi connectivity index (χ2n) is 6.07. The third-order valence-electron chi connectivity index (χ3n) is 4.14. The normalized spacial score (nSPS) is 11.0. The maximum atomic E-state index is 5.59. The average Bonchev–Trinajstić information content (AvgIpc) is 2.97. The van der Waals surface area contributed by atoms with E-state index in [0.717, 1.165) is 18.0 Å². The lowest BCUT2D eigenvalue weighted by molar-refractivity contribution is 0.243. The summed E-state index contributed by atoms with van der Waals surface area (Å²) in [6.07, 6.45) is 1.75. The molecule has 0 aliphatic carbocycles. The molecule has 25 heavy (non-hydrogen) atoms. The van der Waals surface area contributed by atoms with E-state index in [0.29, 0.717) is 11.4 Å². The molecule has 0 atom stereocenters. The predicted octanol–water partition coefficient (Wildman–Crippen LogP) is 3.81. The highest BCUT2D eigenvalue weighted by molar-refractivity contribution is 7.71. The van der Waals surface area contributed by atoms with Gasteiger partial charge < -0.3 is 4.74 Å². The van der Waals surface area contributed by atoms with E-state index in [1.807, 2.05) is 33.5 Å². The van der Waals surface area contributed by atoms with Crippen LogP contribution < -0.4 is 4.74 Å². The summed E-state index contributed by atoms with van der Waals surface area (Å²) < 4.78 is 9.65. The van der Waals surface area contributed by atoms with Crippen molar-refractivity contribution in [2.24, 2.45) is 0 Å². The van der Waals surface area contributed by atoms with Crippen molar-refractivity contribution in [2.75, 3.05) is 14.2 Å². The van der Waals surface area contributed by atoms with Gasteiger partial charge in [0.1, 0.15) is 12.1 Å². The molecule has 0 saturated carbocycles. The zero-order valence-corrected chi connectivity index (χ0v) is 15.5. The molecule has 0 spiro atoms. The molecular weight excluding hydrogens is 332 g/mol. The number of hydrogen-bond donors (Lipinski definition) is 0. The highest BCUT2D eigenvalue weighted by atomic mass is 32.1. The van der Waals surface area contributed by atoms with Gasteiger partial charge in [0.2, 0.25) is 4.77 Å². The van der Waals surface area contributed by atoms with Crippen molar-refractivity contribution in [3.8, 4) is 11.4 Å². The largest absolute Gasteiger partial charge is 0.497 e. The molecule has 0 radical (unpaired) electrons. The summed E-state index contributed by atoms with van der Waals surface area (Å²) in [5.74, 6) is 0.795. The Hall–Kier alpha value is -2.44. The highest BCUT2D eigenvalue weighted by Crippen LogP contribution is 2.17. The van der Waals surface area contributed by atoms with Crippen LogP contribution in [0, 0.1) is 11.7 Å². The Kier molecular flexibility index (Phi) is 5.31. The Morgan fingerprint density at radius 3 is 2.72 bits per heavy atom. The fourth-order valence-corrected chi connectivity index (χ4v) is 2.99. The van der Waals surface area contributed by atoms with Crippen molar-refractivity contribution in [3.63, 3.8) is 0 Å². The zero-order chi connectivity index (χ0) is 17.8. The molecule has 0 bridgehead atoms. The standard InChI is InChI=1S/C19H22N4OS/c1-15-7-4-5-8-16(15)12-21(2)14-23-19(25)22(13-20-23)17-9-6-10-18(11-17)24-3/h4-11,13H,12,14H2,1-3H3. The Balaban J connectivity index is 1.77. The first-order valence-corrected chi connectivity index (χ1v) is 8.51. The van der Waals surface area contributed by atoms with Crippen molar-refractivity contribution >= 4 is 12.2 Å². The molecule has 0 amide bonds. The highest BCUT2D eigenvalue weighted by Gasteiger charge is 2.08. The number of benzene rings is 2. The molecule has 5 nitrogen and oxygen atoms in total. The van der Waals surface area contributed by atoms with Gasteiger partial charge in [0.15, 0.2) is 0 Å². The molecule has 3 rings (SSSR count). The maximum Gasteiger partial charge on any atom is 0.203 e. The smallest absolute Gasteiger partial charge is 0.203 e. The number of methoxy groups -OCH3 is 1. The van der Waals surface area contributed by atoms with Crippen LogP contribution in [0.3, 0.4) is 0 Å². The van der Waals surface area contributed by atoms with E-state index in [4.69, 9.17) is 17.0 Å². The number of aryl methyl sites for hydroxylation is 1. The second kappa shape index (κ2) is 7.63. The van der Waals surface area contributed by atoms with Gasteiger partial charge in [0.05, 0.1) is 19.5 Å². The average molecular weight is 354 g/mol. The van der Waals surface area contributed by atoms with Gasteiger partial charge in [0.25, 0.3) is 0 Å². The molecule has 0 fully saturated rings. The van der Waals surface area contributed by atoms with Crippen LogP contribution in [0.1, 0.15) is 11.1 Å². The van der Waals surface area contributed by atoms with Gasteiger partial charge in [-0.2, -0.15) is 5.10 Å². The third-order valence-corrected chi connectivity index (χ3v) is 4.55. The maximum absolute atomic E-state index is 5.59. The number of aromatic nitrogens is 3. The minimum atomic E-state index is 0.629. The van der Waals surface area contributed by atoms with Gasteiger partial charge >= 0.3 is 0 Å². The number of ether oxygens (including phenoxy) is 1. The van der Waals surface area contributed by atoms with Gasteiger partial charge in [-0.3, -0.25) is 9.47 Å². The van der Waals surface area contributed by atoms with Crippen molar-refractivity contribution in [1.29, 1.82) is 0 Å². The summed E-state index contributed by atoms with van der Waals surface area (Å²) in [5.41, 5.74) is 3.54. The fraction of sp³-hybridized carbons (Fsp3) is 0.263. The molecule has 0 N–H and O–H groups in total. The lowest BCUT2D eigenvalue weighted by Gasteiger charge is -2.17. The van der Waals surface area contributed by atoms with E-state index in [1.165, 1.54) is 11.1 Å². The minimum Gasteiger partial charge on any atom is -0.497 e. The molecule has 0 saturated heterocycles. The first kappa shape index (κ1) is 17.4. The molecule has 0 aliphatic rings. The predicted molar refractivity (Wildman–Crippen MR) is 102 cm³/mol. The van der Waals surface area contributed by atoms with Gasteiger partial charge in [-0.15, -0.1) is 0 Å². The van der Waals surface area contributed by atoms with Crippen LogP contribution in [0.5, 0.6) is 5.75 Å². The van der Waals surface area contributed by atoms with Crippen molar-refractivity contribution in [2.45, 2.75) is 20.1 Å². The first-order valence-electron chi connectivity index (χ1n) is 8.10. The Morgan fingerprint density at radius 2 is 1.96 bits per heavy atom. The Morgan fingerprint density at radius 1 is 1.16 bits per heavy atom. The van der Waals surface area contributed by atoms with E-state index < -0.39 is 0 Å². The molecule has 0 aliphatic heterocycles. The monoisotopic (exact) mass is 354 g/mol. The molecule has 1 heterocycles. The van der Waals surface area contributed by atoms with Crippen molar-refractivity contribution in [1.82, 2.24) is 19.2 Å². The van der Waals surface area contributed by atoms with E-state index in [9.17, 15) is 0 Å². The van der Waals surface area contributed by atoms with Crippen LogP contribution in [-0.2, 0) is 13.2 Å². The lowest BCUT2D eigenvalue weighted by atomic mass is 10.1.